The molecule has 1 atom stereocenters. The maximum Gasteiger partial charge on any atom is 0.341 e. The van der Waals surface area contributed by atoms with Crippen molar-refractivity contribution >= 4 is 11.7 Å². The molecule has 0 aliphatic carbocycles. The van der Waals surface area contributed by atoms with Gasteiger partial charge in [-0.1, -0.05) is 0 Å². The third-order valence-electron chi connectivity index (χ3n) is 2.99. The summed E-state index contributed by atoms with van der Waals surface area (Å²) in [4.78, 5) is 11.6. The molecule has 0 bridgehead atoms. The van der Waals surface area contributed by atoms with Gasteiger partial charge in [0.25, 0.3) is 0 Å². The monoisotopic (exact) mass is 265 g/mol. The fraction of sp³-hybridized carbons (Fsp3) is 0.500. The normalized spacial score (nSPS) is 18.1. The number of ether oxygens (including phenoxy) is 3. The summed E-state index contributed by atoms with van der Waals surface area (Å²) in [5, 5.41) is 3.37. The minimum absolute atomic E-state index is 0.318. The molecule has 1 aliphatic rings. The fourth-order valence-electron chi connectivity index (χ4n) is 2.05. The molecular weight excluding hydrogens is 246 g/mol. The van der Waals surface area contributed by atoms with Crippen LogP contribution in [0.1, 0.15) is 23.7 Å². The Hall–Kier alpha value is -1.75. The van der Waals surface area contributed by atoms with Gasteiger partial charge in [0.1, 0.15) is 11.3 Å². The standard InChI is InChI=1S/C14H19NO4/c1-3-19-13-8-10(15-11-6-7-18-9-11)4-5-12(13)14(16)17-2/h4-5,8,11,15H,3,6-7,9H2,1-2H3. The van der Waals surface area contributed by atoms with Gasteiger partial charge in [-0.15, -0.1) is 0 Å². The summed E-state index contributed by atoms with van der Waals surface area (Å²) in [5.74, 6) is 0.150. The highest BCUT2D eigenvalue weighted by Crippen LogP contribution is 2.25. The molecule has 1 aromatic rings. The summed E-state index contributed by atoms with van der Waals surface area (Å²) in [5.41, 5.74) is 1.36. The first-order valence-electron chi connectivity index (χ1n) is 6.44. The van der Waals surface area contributed by atoms with Crippen LogP contribution in [0.4, 0.5) is 5.69 Å². The van der Waals surface area contributed by atoms with Crippen LogP contribution in [0.3, 0.4) is 0 Å². The van der Waals surface area contributed by atoms with Gasteiger partial charge in [-0.2, -0.15) is 0 Å². The second kappa shape index (κ2) is 6.43. The molecule has 1 fully saturated rings. The summed E-state index contributed by atoms with van der Waals surface area (Å²) in [6, 6.07) is 5.72. The van der Waals surface area contributed by atoms with E-state index in [0.29, 0.717) is 30.6 Å². The molecule has 1 saturated heterocycles. The van der Waals surface area contributed by atoms with Crippen molar-refractivity contribution in [2.45, 2.75) is 19.4 Å². The lowest BCUT2D eigenvalue weighted by Gasteiger charge is -2.15. The molecule has 0 amide bonds. The van der Waals surface area contributed by atoms with E-state index in [1.165, 1.54) is 7.11 Å². The summed E-state index contributed by atoms with van der Waals surface area (Å²) >= 11 is 0. The average molecular weight is 265 g/mol. The minimum Gasteiger partial charge on any atom is -0.493 e. The number of anilines is 1. The lowest BCUT2D eigenvalue weighted by molar-refractivity contribution is 0.0596. The molecule has 0 radical (unpaired) electrons. The second-order valence-corrected chi connectivity index (χ2v) is 4.34. The number of rotatable bonds is 5. The zero-order chi connectivity index (χ0) is 13.7. The molecule has 0 saturated carbocycles. The number of carbonyl (C=O) groups excluding carboxylic acids is 1. The Kier molecular flexibility index (Phi) is 4.63. The molecule has 1 heterocycles. The lowest BCUT2D eigenvalue weighted by Crippen LogP contribution is -2.19. The smallest absolute Gasteiger partial charge is 0.341 e. The number of hydrogen-bond donors (Lipinski definition) is 1. The summed E-state index contributed by atoms with van der Waals surface area (Å²) < 4.78 is 15.5. The number of methoxy groups -OCH3 is 1. The van der Waals surface area contributed by atoms with E-state index in [9.17, 15) is 4.79 Å². The third kappa shape index (κ3) is 3.38. The number of nitrogens with one attached hydrogen (secondary N) is 1. The summed E-state index contributed by atoms with van der Waals surface area (Å²) in [6.07, 6.45) is 0.989. The Morgan fingerprint density at radius 3 is 3.00 bits per heavy atom. The molecule has 104 valence electrons. The maximum absolute atomic E-state index is 11.6. The molecule has 1 aromatic carbocycles. The van der Waals surface area contributed by atoms with Crippen molar-refractivity contribution in [3.8, 4) is 5.75 Å². The van der Waals surface area contributed by atoms with Gasteiger partial charge in [0, 0.05) is 18.4 Å². The van der Waals surface area contributed by atoms with E-state index in [2.05, 4.69) is 5.32 Å². The zero-order valence-corrected chi connectivity index (χ0v) is 11.3. The quantitative estimate of drug-likeness (QED) is 0.826. The first-order chi connectivity index (χ1) is 9.24. The Labute approximate surface area is 112 Å². The van der Waals surface area contributed by atoms with E-state index >= 15 is 0 Å². The van der Waals surface area contributed by atoms with Crippen LogP contribution in [0, 0.1) is 0 Å². The van der Waals surface area contributed by atoms with Gasteiger partial charge in [-0.05, 0) is 25.5 Å². The van der Waals surface area contributed by atoms with Crippen LogP contribution >= 0.6 is 0 Å². The molecule has 2 rings (SSSR count). The van der Waals surface area contributed by atoms with Crippen molar-refractivity contribution in [1.29, 1.82) is 0 Å². The van der Waals surface area contributed by atoms with Crippen LogP contribution in [0.5, 0.6) is 5.75 Å². The molecule has 0 aromatic heterocycles. The number of carbonyl (C=O) groups is 1. The molecule has 1 unspecified atom stereocenters. The fourth-order valence-corrected chi connectivity index (χ4v) is 2.05. The van der Waals surface area contributed by atoms with Gasteiger partial charge in [0.05, 0.1) is 26.4 Å². The topological polar surface area (TPSA) is 56.8 Å². The van der Waals surface area contributed by atoms with Crippen LogP contribution in [-0.2, 0) is 9.47 Å². The summed E-state index contributed by atoms with van der Waals surface area (Å²) in [6.45, 7) is 3.88. The average Bonchev–Trinajstić information content (AvgIpc) is 2.91. The summed E-state index contributed by atoms with van der Waals surface area (Å²) in [7, 11) is 1.36. The van der Waals surface area contributed by atoms with E-state index < -0.39 is 0 Å². The molecule has 0 spiro atoms. The van der Waals surface area contributed by atoms with Crippen LogP contribution in [-0.4, -0.2) is 38.9 Å². The Bertz CT molecular complexity index is 441. The van der Waals surface area contributed by atoms with Gasteiger partial charge in [0.15, 0.2) is 0 Å². The second-order valence-electron chi connectivity index (χ2n) is 4.34. The predicted molar refractivity (Wildman–Crippen MR) is 71.8 cm³/mol. The maximum atomic E-state index is 11.6. The zero-order valence-electron chi connectivity index (χ0n) is 11.3. The highest BCUT2D eigenvalue weighted by atomic mass is 16.5. The number of esters is 1. The molecular formula is C14H19NO4. The Balaban J connectivity index is 2.17. The SMILES string of the molecule is CCOc1cc(NC2CCOC2)ccc1C(=O)OC. The van der Waals surface area contributed by atoms with Crippen molar-refractivity contribution in [3.63, 3.8) is 0 Å². The predicted octanol–water partition coefficient (Wildman–Crippen LogP) is 2.07. The molecule has 1 aliphatic heterocycles. The first-order valence-corrected chi connectivity index (χ1v) is 6.44. The van der Waals surface area contributed by atoms with Gasteiger partial charge in [0.2, 0.25) is 0 Å². The van der Waals surface area contributed by atoms with Crippen molar-refractivity contribution < 1.29 is 19.0 Å². The highest BCUT2D eigenvalue weighted by molar-refractivity contribution is 5.93. The first kappa shape index (κ1) is 13.7. The third-order valence-corrected chi connectivity index (χ3v) is 2.99. The van der Waals surface area contributed by atoms with Crippen LogP contribution in [0.15, 0.2) is 18.2 Å². The van der Waals surface area contributed by atoms with Crippen molar-refractivity contribution in [2.75, 3.05) is 32.2 Å². The van der Waals surface area contributed by atoms with Crippen molar-refractivity contribution in [2.24, 2.45) is 0 Å². The van der Waals surface area contributed by atoms with Gasteiger partial charge in [-0.25, -0.2) is 4.79 Å². The molecule has 5 heteroatoms. The van der Waals surface area contributed by atoms with Gasteiger partial charge in [-0.3, -0.25) is 0 Å². The van der Waals surface area contributed by atoms with E-state index in [1.807, 2.05) is 19.1 Å². The Morgan fingerprint density at radius 2 is 2.37 bits per heavy atom. The number of hydrogen-bond acceptors (Lipinski definition) is 5. The van der Waals surface area contributed by atoms with E-state index in [-0.39, 0.29) is 5.97 Å². The van der Waals surface area contributed by atoms with Gasteiger partial charge >= 0.3 is 5.97 Å². The number of benzene rings is 1. The minimum atomic E-state index is -0.390. The highest BCUT2D eigenvalue weighted by Gasteiger charge is 2.17. The van der Waals surface area contributed by atoms with E-state index in [0.717, 1.165) is 18.7 Å². The van der Waals surface area contributed by atoms with Crippen molar-refractivity contribution in [1.82, 2.24) is 0 Å². The van der Waals surface area contributed by atoms with E-state index in [4.69, 9.17) is 14.2 Å². The molecule has 19 heavy (non-hydrogen) atoms. The molecule has 5 nitrogen and oxygen atoms in total. The van der Waals surface area contributed by atoms with Crippen LogP contribution in [0.2, 0.25) is 0 Å². The van der Waals surface area contributed by atoms with Crippen molar-refractivity contribution in [3.05, 3.63) is 23.8 Å². The lowest BCUT2D eigenvalue weighted by atomic mass is 10.1. The van der Waals surface area contributed by atoms with Crippen LogP contribution in [0.25, 0.3) is 0 Å². The largest absolute Gasteiger partial charge is 0.493 e. The van der Waals surface area contributed by atoms with Gasteiger partial charge < -0.3 is 19.5 Å². The van der Waals surface area contributed by atoms with Crippen LogP contribution < -0.4 is 10.1 Å². The molecule has 1 N–H and O–H groups in total. The van der Waals surface area contributed by atoms with E-state index in [1.54, 1.807) is 6.07 Å². The Morgan fingerprint density at radius 1 is 1.53 bits per heavy atom.